The number of thiocarbonyl (C=S) groups is 2. The van der Waals surface area contributed by atoms with Crippen LogP contribution in [0.2, 0.25) is 0 Å². The van der Waals surface area contributed by atoms with E-state index in [4.69, 9.17) is 24.4 Å². The van der Waals surface area contributed by atoms with Gasteiger partial charge in [-0.25, -0.2) is 0 Å². The molecule has 0 aliphatic heterocycles. The lowest BCUT2D eigenvalue weighted by Gasteiger charge is -2.14. The summed E-state index contributed by atoms with van der Waals surface area (Å²) in [5.74, 6) is 0. The predicted octanol–water partition coefficient (Wildman–Crippen LogP) is 3.58. The fourth-order valence-corrected chi connectivity index (χ4v) is 2.45. The Morgan fingerprint density at radius 1 is 1.07 bits per heavy atom. The fourth-order valence-electron chi connectivity index (χ4n) is 2.08. The molecule has 0 aliphatic rings. The molecule has 0 saturated carbocycles. The lowest BCUT2D eigenvalue weighted by Crippen LogP contribution is -2.39. The second-order valence-corrected chi connectivity index (χ2v) is 7.19. The average molecular weight is 447 g/mol. The van der Waals surface area contributed by atoms with Crippen molar-refractivity contribution in [3.05, 3.63) is 29.8 Å². The first-order valence-electron chi connectivity index (χ1n) is 8.83. The number of nitrogens with zero attached hydrogens (tertiary/aromatic N) is 3. The molecule has 0 aliphatic carbocycles. The van der Waals surface area contributed by atoms with E-state index in [-0.39, 0.29) is 5.11 Å². The van der Waals surface area contributed by atoms with Crippen LogP contribution in [0.15, 0.2) is 34.5 Å². The van der Waals surface area contributed by atoms with Crippen LogP contribution in [0.25, 0.3) is 0 Å². The van der Waals surface area contributed by atoms with E-state index in [0.29, 0.717) is 28.4 Å². The second kappa shape index (κ2) is 11.7. The van der Waals surface area contributed by atoms with Crippen LogP contribution in [0.1, 0.15) is 32.3 Å². The third kappa shape index (κ3) is 9.66. The number of hydrogen-bond donors (Lipinski definition) is 3. The van der Waals surface area contributed by atoms with E-state index in [1.165, 1.54) is 0 Å². The van der Waals surface area contributed by atoms with Crippen LogP contribution >= 0.6 is 24.4 Å². The van der Waals surface area contributed by atoms with Gasteiger partial charge in [-0.05, 0) is 44.1 Å². The number of benzene rings is 1. The molecule has 0 radical (unpaired) electrons. The van der Waals surface area contributed by atoms with Gasteiger partial charge in [-0.3, -0.25) is 10.9 Å². The van der Waals surface area contributed by atoms with Crippen molar-refractivity contribution in [1.29, 1.82) is 0 Å². The molecule has 6 nitrogen and oxygen atoms in total. The number of alkyl halides is 3. The fraction of sp³-hybridized carbons (Fsp3) is 0.444. The molecular weight excluding hydrogens is 421 g/mol. The minimum atomic E-state index is -4.38. The summed E-state index contributed by atoms with van der Waals surface area (Å²) in [4.78, 5) is 2.53. The van der Waals surface area contributed by atoms with E-state index in [1.54, 1.807) is 6.92 Å². The molecule has 1 aromatic rings. The summed E-state index contributed by atoms with van der Waals surface area (Å²) < 4.78 is 37.0. The van der Waals surface area contributed by atoms with Gasteiger partial charge in [0.2, 0.25) is 0 Å². The number of anilines is 1. The Labute approximate surface area is 179 Å². The van der Waals surface area contributed by atoms with Crippen molar-refractivity contribution >= 4 is 51.6 Å². The van der Waals surface area contributed by atoms with Crippen LogP contribution in [-0.2, 0) is 0 Å². The first-order chi connectivity index (χ1) is 13.5. The van der Waals surface area contributed by atoms with Gasteiger partial charge in [0.1, 0.15) is 12.3 Å². The molecule has 3 N–H and O–H groups in total. The molecule has 0 fully saturated rings. The van der Waals surface area contributed by atoms with Crippen LogP contribution in [0.5, 0.6) is 0 Å². The number of rotatable bonds is 8. The van der Waals surface area contributed by atoms with Crippen molar-refractivity contribution in [2.24, 2.45) is 10.2 Å². The number of hydrazone groups is 2. The molecule has 29 heavy (non-hydrogen) atoms. The second-order valence-electron chi connectivity index (χ2n) is 6.29. The van der Waals surface area contributed by atoms with Crippen molar-refractivity contribution in [1.82, 2.24) is 16.2 Å². The van der Waals surface area contributed by atoms with Gasteiger partial charge in [-0.2, -0.15) is 23.4 Å². The van der Waals surface area contributed by atoms with E-state index in [9.17, 15) is 13.2 Å². The summed E-state index contributed by atoms with van der Waals surface area (Å²) in [6, 6.07) is 7.47. The van der Waals surface area contributed by atoms with Gasteiger partial charge in [0.25, 0.3) is 0 Å². The van der Waals surface area contributed by atoms with Crippen molar-refractivity contribution in [2.45, 2.75) is 32.9 Å². The molecule has 0 heterocycles. The predicted molar refractivity (Wildman–Crippen MR) is 121 cm³/mol. The van der Waals surface area contributed by atoms with Crippen molar-refractivity contribution in [3.8, 4) is 0 Å². The van der Waals surface area contributed by atoms with Crippen LogP contribution in [0.4, 0.5) is 18.9 Å². The van der Waals surface area contributed by atoms with Gasteiger partial charge in [-0.1, -0.05) is 31.3 Å². The number of halogens is 3. The third-order valence-corrected chi connectivity index (χ3v) is 4.07. The molecule has 0 bridgehead atoms. The maximum absolute atomic E-state index is 12.3. The zero-order chi connectivity index (χ0) is 22.0. The highest BCUT2D eigenvalue weighted by molar-refractivity contribution is 7.80. The van der Waals surface area contributed by atoms with E-state index in [1.807, 2.05) is 50.2 Å². The molecular formula is C18H25F3N6S2. The van der Waals surface area contributed by atoms with E-state index in [2.05, 4.69) is 26.4 Å². The summed E-state index contributed by atoms with van der Waals surface area (Å²) in [5.41, 5.74) is 7.85. The Balaban J connectivity index is 3.05. The SMILES string of the molecule is CCCC(=S)NN=C(C)C(=NNC(=S)NCC(F)(F)F)c1ccc(N(C)C)cc1. The maximum atomic E-state index is 12.3. The highest BCUT2D eigenvalue weighted by Crippen LogP contribution is 2.14. The quantitative estimate of drug-likeness (QED) is 0.322. The van der Waals surface area contributed by atoms with Gasteiger partial charge in [0.15, 0.2) is 5.11 Å². The molecule has 0 unspecified atom stereocenters. The first kappa shape index (κ1) is 24.8. The highest BCUT2D eigenvalue weighted by atomic mass is 32.1. The Morgan fingerprint density at radius 3 is 2.21 bits per heavy atom. The monoisotopic (exact) mass is 446 g/mol. The summed E-state index contributed by atoms with van der Waals surface area (Å²) in [7, 11) is 3.84. The highest BCUT2D eigenvalue weighted by Gasteiger charge is 2.27. The largest absolute Gasteiger partial charge is 0.405 e. The van der Waals surface area contributed by atoms with Gasteiger partial charge in [0.05, 0.1) is 10.7 Å². The van der Waals surface area contributed by atoms with Crippen molar-refractivity contribution in [2.75, 3.05) is 25.5 Å². The lowest BCUT2D eigenvalue weighted by atomic mass is 10.1. The van der Waals surface area contributed by atoms with Gasteiger partial charge < -0.3 is 10.2 Å². The smallest absolute Gasteiger partial charge is 0.378 e. The van der Waals surface area contributed by atoms with E-state index in [0.717, 1.165) is 12.1 Å². The lowest BCUT2D eigenvalue weighted by molar-refractivity contribution is -0.122. The van der Waals surface area contributed by atoms with Gasteiger partial charge in [-0.15, -0.1) is 0 Å². The Hall–Kier alpha value is -2.27. The number of nitrogens with one attached hydrogen (secondary N) is 3. The van der Waals surface area contributed by atoms with Crippen LogP contribution < -0.4 is 21.1 Å². The normalized spacial score (nSPS) is 12.4. The first-order valence-corrected chi connectivity index (χ1v) is 9.64. The van der Waals surface area contributed by atoms with Crippen molar-refractivity contribution < 1.29 is 13.2 Å². The summed E-state index contributed by atoms with van der Waals surface area (Å²) in [5, 5.41) is 10.2. The van der Waals surface area contributed by atoms with Gasteiger partial charge >= 0.3 is 6.18 Å². The van der Waals surface area contributed by atoms with Crippen LogP contribution in [0.3, 0.4) is 0 Å². The van der Waals surface area contributed by atoms with Crippen LogP contribution in [-0.4, -0.2) is 48.3 Å². The maximum Gasteiger partial charge on any atom is 0.405 e. The average Bonchev–Trinajstić information content (AvgIpc) is 2.65. The molecule has 0 saturated heterocycles. The van der Waals surface area contributed by atoms with E-state index < -0.39 is 12.7 Å². The Morgan fingerprint density at radius 2 is 1.69 bits per heavy atom. The van der Waals surface area contributed by atoms with Crippen molar-refractivity contribution in [3.63, 3.8) is 0 Å². The minimum Gasteiger partial charge on any atom is -0.378 e. The third-order valence-electron chi connectivity index (χ3n) is 3.54. The number of hydrogen-bond acceptors (Lipinski definition) is 5. The molecule has 0 atom stereocenters. The molecule has 0 spiro atoms. The molecule has 1 rings (SSSR count). The van der Waals surface area contributed by atoms with Gasteiger partial charge in [0, 0.05) is 25.3 Å². The molecule has 1 aromatic carbocycles. The summed E-state index contributed by atoms with van der Waals surface area (Å²) in [6.07, 6.45) is -2.80. The standard InChI is InChI=1S/C18H25F3N6S2/c1-5-6-15(28)24-23-12(2)16(13-7-9-14(10-8-13)27(3)4)25-26-17(29)22-11-18(19,20)21/h7-10H,5-6,11H2,1-4H3,(H,24,28)(H2,22,26,29). The summed E-state index contributed by atoms with van der Waals surface area (Å²) in [6.45, 7) is 2.47. The summed E-state index contributed by atoms with van der Waals surface area (Å²) >= 11 is 10.0. The molecule has 160 valence electrons. The zero-order valence-corrected chi connectivity index (χ0v) is 18.4. The Kier molecular flexibility index (Phi) is 9.96. The zero-order valence-electron chi connectivity index (χ0n) is 16.7. The Bertz CT molecular complexity index is 758. The van der Waals surface area contributed by atoms with Crippen LogP contribution in [0, 0.1) is 0 Å². The topological polar surface area (TPSA) is 64.0 Å². The minimum absolute atomic E-state index is 0.244. The molecule has 11 heteroatoms. The van der Waals surface area contributed by atoms with E-state index >= 15 is 0 Å². The molecule has 0 aromatic heterocycles. The molecule has 0 amide bonds.